The third-order valence-corrected chi connectivity index (χ3v) is 10.1. The van der Waals surface area contributed by atoms with Gasteiger partial charge in [0.2, 0.25) is 0 Å². The minimum absolute atomic E-state index is 0. The van der Waals surface area contributed by atoms with E-state index in [-0.39, 0.29) is 14.3 Å². The fraction of sp³-hybridized carbons (Fsp3) is 0.235. The van der Waals surface area contributed by atoms with E-state index < -0.39 is 11.9 Å². The number of hydrogen-bond donors (Lipinski definition) is 2. The SMILES string of the molecule is C=CC1=C(C)C2=NC/1=C\c1c(C)c(C=C)c3[n]1[Fe][n]1/c(c(C)c(CCC(=O)O)/c1=C/C1=NC(=C\3)/C(C)=C1CCC(=O)O)=C\2.[H+]. The molecule has 0 amide bonds. The van der Waals surface area contributed by atoms with Crippen LogP contribution >= 0.6 is 0 Å². The molecular weight excluding hydrogens is 584 g/mol. The van der Waals surface area contributed by atoms with E-state index in [0.717, 1.165) is 83.7 Å². The first-order valence-corrected chi connectivity index (χ1v) is 15.1. The molecule has 0 unspecified atom stereocenters. The van der Waals surface area contributed by atoms with Gasteiger partial charge < -0.3 is 0 Å². The Morgan fingerprint density at radius 1 is 0.814 bits per heavy atom. The van der Waals surface area contributed by atoms with Gasteiger partial charge in [0.05, 0.1) is 0 Å². The summed E-state index contributed by atoms with van der Waals surface area (Å²) in [6.45, 7) is 16.4. The number of hydrogen-bond acceptors (Lipinski definition) is 4. The minimum atomic E-state index is -0.868. The third kappa shape index (κ3) is 4.60. The van der Waals surface area contributed by atoms with Gasteiger partial charge in [-0.2, -0.15) is 0 Å². The van der Waals surface area contributed by atoms with E-state index in [9.17, 15) is 19.8 Å². The van der Waals surface area contributed by atoms with Gasteiger partial charge in [0.25, 0.3) is 0 Å². The van der Waals surface area contributed by atoms with Crippen molar-refractivity contribution in [2.75, 3.05) is 0 Å². The first kappa shape index (κ1) is 28.6. The molecule has 0 atom stereocenters. The van der Waals surface area contributed by atoms with E-state index in [1.54, 1.807) is 0 Å². The van der Waals surface area contributed by atoms with Gasteiger partial charge in [-0.15, -0.1) is 0 Å². The van der Waals surface area contributed by atoms with Gasteiger partial charge in [0.15, 0.2) is 0 Å². The van der Waals surface area contributed by atoms with E-state index in [2.05, 4.69) is 45.5 Å². The fourth-order valence-corrected chi connectivity index (χ4v) is 7.77. The second kappa shape index (κ2) is 10.7. The molecule has 4 aliphatic heterocycles. The summed E-state index contributed by atoms with van der Waals surface area (Å²) in [7, 11) is 0. The van der Waals surface area contributed by atoms with Gasteiger partial charge in [0.1, 0.15) is 0 Å². The molecule has 2 aromatic rings. The molecule has 0 radical (unpaired) electrons. The molecule has 0 fully saturated rings. The largest absolute Gasteiger partial charge is 1.00 e. The molecule has 4 aliphatic rings. The molecule has 9 heteroatoms. The van der Waals surface area contributed by atoms with Crippen molar-refractivity contribution in [3.8, 4) is 0 Å². The van der Waals surface area contributed by atoms with Crippen molar-refractivity contribution in [3.05, 3.63) is 97.3 Å². The number of carbonyl (C=O) groups is 2. The van der Waals surface area contributed by atoms with Crippen LogP contribution in [-0.4, -0.2) is 40.7 Å². The Balaban J connectivity index is 0.00000384. The molecule has 0 saturated carbocycles. The zero-order valence-electron chi connectivity index (χ0n) is 25.6. The summed E-state index contributed by atoms with van der Waals surface area (Å²) in [5, 5.41) is 21.0. The van der Waals surface area contributed by atoms with Gasteiger partial charge in [0, 0.05) is 0 Å². The van der Waals surface area contributed by atoms with Crippen LogP contribution in [0, 0.1) is 13.8 Å². The average molecular weight is 618 g/mol. The summed E-state index contributed by atoms with van der Waals surface area (Å²) in [5.74, 6) is -1.74. The van der Waals surface area contributed by atoms with Crippen molar-refractivity contribution in [1.29, 1.82) is 0 Å². The number of nitrogens with zero attached hydrogens (tertiary/aromatic N) is 4. The van der Waals surface area contributed by atoms with Crippen molar-refractivity contribution in [1.82, 2.24) is 7.17 Å². The summed E-state index contributed by atoms with van der Waals surface area (Å²) >= 11 is 0.463. The quantitative estimate of drug-likeness (QED) is 0.413. The Morgan fingerprint density at radius 3 is 2.14 bits per heavy atom. The average Bonchev–Trinajstić information content (AvgIpc) is 3.58. The molecule has 6 rings (SSSR count). The molecule has 8 nitrogen and oxygen atoms in total. The monoisotopic (exact) mass is 617 g/mol. The molecule has 220 valence electrons. The van der Waals surface area contributed by atoms with E-state index in [1.165, 1.54) is 0 Å². The van der Waals surface area contributed by atoms with Crippen molar-refractivity contribution in [3.63, 3.8) is 0 Å². The van der Waals surface area contributed by atoms with Crippen molar-refractivity contribution < 1.29 is 36.6 Å². The molecule has 0 saturated heterocycles. The van der Waals surface area contributed by atoms with Gasteiger partial charge in [-0.1, -0.05) is 0 Å². The number of carboxylic acid groups (broad SMARTS) is 2. The van der Waals surface area contributed by atoms with Gasteiger partial charge >= 0.3 is 258 Å². The van der Waals surface area contributed by atoms with E-state index >= 15 is 0 Å². The maximum Gasteiger partial charge on any atom is 1.00 e. The number of fused-ring (bicyclic) bond motifs is 2. The van der Waals surface area contributed by atoms with Crippen LogP contribution in [0.1, 0.15) is 68.2 Å². The number of aliphatic carboxylic acids is 2. The fourth-order valence-electron chi connectivity index (χ4n) is 6.14. The summed E-state index contributed by atoms with van der Waals surface area (Å²) in [5.41, 5.74) is 12.9. The molecule has 2 aromatic heterocycles. The Bertz CT molecular complexity index is 2030. The van der Waals surface area contributed by atoms with Crippen molar-refractivity contribution in [2.24, 2.45) is 9.98 Å². The first-order chi connectivity index (χ1) is 20.5. The summed E-state index contributed by atoms with van der Waals surface area (Å²) in [6.07, 6.45) is 12.7. The molecular formula is C34H33FeN4O4+. The van der Waals surface area contributed by atoms with Gasteiger partial charge in [-0.25, -0.2) is 0 Å². The zero-order chi connectivity index (χ0) is 30.7. The van der Waals surface area contributed by atoms with Crippen LogP contribution in [0.4, 0.5) is 0 Å². The zero-order valence-corrected chi connectivity index (χ0v) is 25.7. The van der Waals surface area contributed by atoms with E-state index in [4.69, 9.17) is 9.98 Å². The van der Waals surface area contributed by atoms with Crippen LogP contribution in [0.3, 0.4) is 0 Å². The molecule has 0 aromatic carbocycles. The second-order valence-corrected chi connectivity index (χ2v) is 12.2. The third-order valence-electron chi connectivity index (χ3n) is 8.55. The smallest absolute Gasteiger partial charge is 1.00 e. The maximum atomic E-state index is 11.8. The minimum Gasteiger partial charge on any atom is 1.00 e. The van der Waals surface area contributed by atoms with Crippen LogP contribution in [0.15, 0.2) is 62.9 Å². The summed E-state index contributed by atoms with van der Waals surface area (Å²) in [6, 6.07) is 0. The van der Waals surface area contributed by atoms with Crippen LogP contribution < -0.4 is 10.7 Å². The Morgan fingerprint density at radius 2 is 1.47 bits per heavy atom. The maximum absolute atomic E-state index is 11.8. The summed E-state index contributed by atoms with van der Waals surface area (Å²) in [4.78, 5) is 33.4. The Labute approximate surface area is 257 Å². The Kier molecular flexibility index (Phi) is 7.11. The Hall–Kier alpha value is -4.46. The topological polar surface area (TPSA) is 109 Å². The van der Waals surface area contributed by atoms with E-state index in [0.29, 0.717) is 33.9 Å². The molecule has 43 heavy (non-hydrogen) atoms. The predicted molar refractivity (Wildman–Crippen MR) is 168 cm³/mol. The standard InChI is InChI=1S/C34H34N4O4.Fe/c1-7-21-17(3)25-13-26-19(5)23(9-11-33(39)40)31(37-26)16-32-24(10-12-34(41)42)20(6)28(38-32)15-30-22(8-2)18(4)27(36-30)14-29(21)35-25;/h7-8,13-16H,1-2,9-12H2,3-6H3,(H4,35,36,37,38,39,40,41,42);/q;+2/p-1/b25-13?,26-13-,27-14?,28-15-,29-14-,30-15?,31-16-,32-16?;. The van der Waals surface area contributed by atoms with Crippen LogP contribution in [0.5, 0.6) is 0 Å². The number of aromatic nitrogens is 2. The number of allylic oxidation sites excluding steroid dienone is 4. The number of rotatable bonds is 8. The number of carboxylic acids is 2. The summed E-state index contributed by atoms with van der Waals surface area (Å²) < 4.78 is 4.47. The normalized spacial score (nSPS) is 20.7. The molecule has 0 spiro atoms. The number of aliphatic imine (C=N–C) groups is 2. The van der Waals surface area contributed by atoms with Gasteiger partial charge in [-0.05, 0) is 0 Å². The van der Waals surface area contributed by atoms with E-state index in [1.807, 2.05) is 39.0 Å². The molecule has 6 bridgehead atoms. The molecule has 6 heterocycles. The van der Waals surface area contributed by atoms with Crippen LogP contribution in [-0.2, 0) is 31.4 Å². The van der Waals surface area contributed by atoms with Crippen LogP contribution in [0.2, 0.25) is 0 Å². The molecule has 0 aliphatic carbocycles. The van der Waals surface area contributed by atoms with Crippen LogP contribution in [0.25, 0.3) is 30.4 Å². The predicted octanol–water partition coefficient (Wildman–Crippen LogP) is 4.85. The first-order valence-electron chi connectivity index (χ1n) is 14.1. The second-order valence-electron chi connectivity index (χ2n) is 11.0. The molecule has 2 N–H and O–H groups in total. The van der Waals surface area contributed by atoms with Gasteiger partial charge in [-0.3, -0.25) is 0 Å². The van der Waals surface area contributed by atoms with Crippen molar-refractivity contribution in [2.45, 2.75) is 53.4 Å². The van der Waals surface area contributed by atoms with Crippen molar-refractivity contribution >= 4 is 53.7 Å².